The van der Waals surface area contributed by atoms with Crippen LogP contribution in [0.2, 0.25) is 0 Å². The van der Waals surface area contributed by atoms with Gasteiger partial charge in [-0.15, -0.1) is 11.3 Å². The van der Waals surface area contributed by atoms with Crippen LogP contribution in [-0.4, -0.2) is 58.8 Å². The summed E-state index contributed by atoms with van der Waals surface area (Å²) in [7, 11) is 1.67. The number of ether oxygens (including phenoxy) is 1. The van der Waals surface area contributed by atoms with Gasteiger partial charge in [0.15, 0.2) is 10.2 Å². The molecular formula is C27H30N6O4S2. The van der Waals surface area contributed by atoms with Gasteiger partial charge in [-0.05, 0) is 51.3 Å². The van der Waals surface area contributed by atoms with Gasteiger partial charge < -0.3 is 20.1 Å². The summed E-state index contributed by atoms with van der Waals surface area (Å²) in [4.78, 5) is 39.7. The third kappa shape index (κ3) is 5.26. The van der Waals surface area contributed by atoms with Crippen molar-refractivity contribution < 1.29 is 19.4 Å². The summed E-state index contributed by atoms with van der Waals surface area (Å²) >= 11 is 2.97. The number of aliphatic carboxylic acids is 1. The highest BCUT2D eigenvalue weighted by molar-refractivity contribution is 7.23. The molecule has 0 saturated carbocycles. The SMILES string of the molecule is CCNC(=O)Nc1nc2cc(-c3cnc(N4CCC(C)(C(=O)O)CC4)nc3)cc(-c3csc(OC)c3C)c2s1. The summed E-state index contributed by atoms with van der Waals surface area (Å²) in [6.45, 7) is 7.40. The first kappa shape index (κ1) is 26.8. The van der Waals surface area contributed by atoms with Gasteiger partial charge in [0.2, 0.25) is 5.95 Å². The van der Waals surface area contributed by atoms with Crippen LogP contribution in [0.1, 0.15) is 32.3 Å². The number of thiazole rings is 1. The van der Waals surface area contributed by atoms with Crippen LogP contribution in [-0.2, 0) is 4.79 Å². The quantitative estimate of drug-likeness (QED) is 0.262. The van der Waals surface area contributed by atoms with Crippen LogP contribution in [0.15, 0.2) is 29.9 Å². The fourth-order valence-electron chi connectivity index (χ4n) is 4.67. The number of benzene rings is 1. The first-order valence-corrected chi connectivity index (χ1v) is 14.3. The number of carboxylic acids is 1. The van der Waals surface area contributed by atoms with Crippen molar-refractivity contribution in [1.82, 2.24) is 20.3 Å². The Hall–Kier alpha value is -3.77. The normalized spacial score (nSPS) is 14.8. The summed E-state index contributed by atoms with van der Waals surface area (Å²) < 4.78 is 6.50. The molecule has 1 fully saturated rings. The van der Waals surface area contributed by atoms with Crippen LogP contribution in [0.25, 0.3) is 32.5 Å². The lowest BCUT2D eigenvalue weighted by molar-refractivity contribution is -0.149. The molecule has 10 nitrogen and oxygen atoms in total. The summed E-state index contributed by atoms with van der Waals surface area (Å²) in [6, 6.07) is 3.79. The minimum absolute atomic E-state index is 0.294. The molecule has 4 heterocycles. The van der Waals surface area contributed by atoms with Crippen molar-refractivity contribution in [1.29, 1.82) is 0 Å². The number of rotatable bonds is 7. The molecule has 3 N–H and O–H groups in total. The number of hydrogen-bond donors (Lipinski definition) is 3. The number of carboxylic acid groups (broad SMARTS) is 1. The Balaban J connectivity index is 1.49. The monoisotopic (exact) mass is 566 g/mol. The van der Waals surface area contributed by atoms with Crippen molar-refractivity contribution >= 4 is 56.0 Å². The molecule has 39 heavy (non-hydrogen) atoms. The summed E-state index contributed by atoms with van der Waals surface area (Å²) in [5, 5.41) is 18.5. The molecule has 204 valence electrons. The highest BCUT2D eigenvalue weighted by Crippen LogP contribution is 2.44. The summed E-state index contributed by atoms with van der Waals surface area (Å²) in [6.07, 6.45) is 4.68. The van der Waals surface area contributed by atoms with Crippen LogP contribution in [0.4, 0.5) is 15.9 Å². The molecule has 1 saturated heterocycles. The number of aromatic nitrogens is 3. The van der Waals surface area contributed by atoms with Gasteiger partial charge in [-0.25, -0.2) is 19.7 Å². The van der Waals surface area contributed by atoms with E-state index < -0.39 is 11.4 Å². The van der Waals surface area contributed by atoms with Crippen LogP contribution in [0.3, 0.4) is 0 Å². The molecule has 1 aromatic carbocycles. The van der Waals surface area contributed by atoms with E-state index in [1.807, 2.05) is 24.8 Å². The molecule has 12 heteroatoms. The van der Waals surface area contributed by atoms with Crippen LogP contribution in [0, 0.1) is 12.3 Å². The van der Waals surface area contributed by atoms with Gasteiger partial charge in [-0.2, -0.15) is 0 Å². The van der Waals surface area contributed by atoms with Crippen molar-refractivity contribution in [3.05, 3.63) is 35.5 Å². The van der Waals surface area contributed by atoms with Gasteiger partial charge in [0.25, 0.3) is 0 Å². The average molecular weight is 567 g/mol. The Morgan fingerprint density at radius 2 is 1.87 bits per heavy atom. The first-order chi connectivity index (χ1) is 18.7. The van der Waals surface area contributed by atoms with E-state index >= 15 is 0 Å². The predicted octanol–water partition coefficient (Wildman–Crippen LogP) is 5.63. The van der Waals surface area contributed by atoms with Crippen molar-refractivity contribution in [3.8, 4) is 27.3 Å². The maximum Gasteiger partial charge on any atom is 0.321 e. The van der Waals surface area contributed by atoms with Crippen LogP contribution < -0.4 is 20.3 Å². The van der Waals surface area contributed by atoms with Crippen LogP contribution in [0.5, 0.6) is 5.06 Å². The van der Waals surface area contributed by atoms with Crippen molar-refractivity contribution in [2.75, 3.05) is 37.0 Å². The number of urea groups is 1. The Morgan fingerprint density at radius 1 is 1.15 bits per heavy atom. The number of carbonyl (C=O) groups is 2. The lowest BCUT2D eigenvalue weighted by Crippen LogP contribution is -2.43. The third-order valence-corrected chi connectivity index (χ3v) is 9.22. The fourth-order valence-corrected chi connectivity index (χ4v) is 6.55. The van der Waals surface area contributed by atoms with Crippen molar-refractivity contribution in [3.63, 3.8) is 0 Å². The molecule has 2 amide bonds. The van der Waals surface area contributed by atoms with E-state index in [4.69, 9.17) is 9.72 Å². The van der Waals surface area contributed by atoms with Gasteiger partial charge in [0, 0.05) is 59.7 Å². The summed E-state index contributed by atoms with van der Waals surface area (Å²) in [5.41, 5.74) is 4.87. The molecule has 1 aliphatic heterocycles. The van der Waals surface area contributed by atoms with Gasteiger partial charge in [0.1, 0.15) is 0 Å². The Morgan fingerprint density at radius 3 is 2.49 bits per heavy atom. The lowest BCUT2D eigenvalue weighted by atomic mass is 9.80. The summed E-state index contributed by atoms with van der Waals surface area (Å²) in [5.74, 6) is -0.164. The van der Waals surface area contributed by atoms with Gasteiger partial charge >= 0.3 is 12.0 Å². The number of hydrogen-bond acceptors (Lipinski definition) is 9. The standard InChI is InChI=1S/C27H30N6O4S2/c1-5-28-25(36)32-26-31-20-11-16(10-18(21(20)39-26)19-14-38-22(37-4)15(19)2)17-12-29-24(30-13-17)33-8-6-27(3,7-9-33)23(34)35/h10-14H,5-9H2,1-4H3,(H,34,35)(H2,28,31,32,36). The number of anilines is 2. The van der Waals surface area contributed by atoms with E-state index in [9.17, 15) is 14.7 Å². The molecule has 0 bridgehead atoms. The van der Waals surface area contributed by atoms with E-state index in [0.29, 0.717) is 43.6 Å². The van der Waals surface area contributed by atoms with E-state index in [1.165, 1.54) is 22.7 Å². The van der Waals surface area contributed by atoms with E-state index in [-0.39, 0.29) is 6.03 Å². The van der Waals surface area contributed by atoms with E-state index in [1.54, 1.807) is 26.4 Å². The Labute approximate surface area is 234 Å². The minimum Gasteiger partial charge on any atom is -0.487 e. The molecule has 0 spiro atoms. The maximum absolute atomic E-state index is 12.1. The average Bonchev–Trinajstić information content (AvgIpc) is 3.51. The number of piperidine rings is 1. The Bertz CT molecular complexity index is 1520. The third-order valence-electron chi connectivity index (χ3n) is 7.16. The largest absolute Gasteiger partial charge is 0.487 e. The number of carbonyl (C=O) groups excluding carboxylic acids is 1. The number of amides is 2. The topological polar surface area (TPSA) is 130 Å². The van der Waals surface area contributed by atoms with Crippen molar-refractivity contribution in [2.24, 2.45) is 5.41 Å². The van der Waals surface area contributed by atoms with Gasteiger partial charge in [-0.1, -0.05) is 11.3 Å². The molecule has 0 atom stereocenters. The van der Waals surface area contributed by atoms with E-state index in [2.05, 4.69) is 32.0 Å². The zero-order valence-corrected chi connectivity index (χ0v) is 23.8. The smallest absolute Gasteiger partial charge is 0.321 e. The zero-order valence-electron chi connectivity index (χ0n) is 22.2. The van der Waals surface area contributed by atoms with E-state index in [0.717, 1.165) is 43.1 Å². The fraction of sp³-hybridized carbons (Fsp3) is 0.370. The number of fused-ring (bicyclic) bond motifs is 1. The molecule has 3 aromatic heterocycles. The predicted molar refractivity (Wildman–Crippen MR) is 155 cm³/mol. The molecule has 0 aliphatic carbocycles. The van der Waals surface area contributed by atoms with Gasteiger partial charge in [0.05, 0.1) is 22.7 Å². The zero-order chi connectivity index (χ0) is 27.7. The molecule has 0 radical (unpaired) electrons. The minimum atomic E-state index is -0.755. The molecule has 5 rings (SSSR count). The van der Waals surface area contributed by atoms with Crippen LogP contribution >= 0.6 is 22.7 Å². The highest BCUT2D eigenvalue weighted by Gasteiger charge is 2.37. The molecule has 4 aromatic rings. The number of thiophene rings is 1. The first-order valence-electron chi connectivity index (χ1n) is 12.6. The molecule has 0 unspecified atom stereocenters. The maximum atomic E-state index is 12.1. The number of nitrogens with one attached hydrogen (secondary N) is 2. The highest BCUT2D eigenvalue weighted by atomic mass is 32.1. The second-order valence-electron chi connectivity index (χ2n) is 9.77. The Kier molecular flexibility index (Phi) is 7.41. The number of methoxy groups -OCH3 is 1. The molecule has 1 aliphatic rings. The van der Waals surface area contributed by atoms with Gasteiger partial charge in [-0.3, -0.25) is 10.1 Å². The van der Waals surface area contributed by atoms with Crippen molar-refractivity contribution in [2.45, 2.75) is 33.6 Å². The number of nitrogens with zero attached hydrogens (tertiary/aromatic N) is 4. The molecular weight excluding hydrogens is 536 g/mol. The second-order valence-corrected chi connectivity index (χ2v) is 11.6. The lowest BCUT2D eigenvalue weighted by Gasteiger charge is -2.36. The second kappa shape index (κ2) is 10.8.